The van der Waals surface area contributed by atoms with Gasteiger partial charge in [-0.15, -0.1) is 11.3 Å². The van der Waals surface area contributed by atoms with Crippen molar-refractivity contribution in [3.8, 4) is 5.75 Å². The lowest BCUT2D eigenvalue weighted by Crippen LogP contribution is -2.40. The van der Waals surface area contributed by atoms with E-state index in [-0.39, 0.29) is 5.04 Å². The molecule has 1 unspecified atom stereocenters. The SMILES string of the molecule is COc1ccc(C(O)c2ncc(CO[Si](C)(C)C(C)(C)C)s2)cc1. The van der Waals surface area contributed by atoms with Crippen LogP contribution in [0.4, 0.5) is 0 Å². The average molecular weight is 366 g/mol. The molecule has 0 radical (unpaired) electrons. The van der Waals surface area contributed by atoms with Crippen LogP contribution in [0.3, 0.4) is 0 Å². The molecule has 0 fully saturated rings. The van der Waals surface area contributed by atoms with E-state index in [4.69, 9.17) is 9.16 Å². The Balaban J connectivity index is 2.04. The number of methoxy groups -OCH3 is 1. The second-order valence-corrected chi connectivity index (χ2v) is 13.3. The zero-order valence-corrected chi connectivity index (χ0v) is 17.1. The van der Waals surface area contributed by atoms with Gasteiger partial charge in [-0.05, 0) is 35.8 Å². The number of hydrogen-bond acceptors (Lipinski definition) is 5. The molecule has 1 aromatic heterocycles. The fourth-order valence-corrected chi connectivity index (χ4v) is 3.81. The molecule has 0 aliphatic rings. The molecular weight excluding hydrogens is 338 g/mol. The van der Waals surface area contributed by atoms with Gasteiger partial charge in [0.25, 0.3) is 0 Å². The Morgan fingerprint density at radius 3 is 2.38 bits per heavy atom. The minimum atomic E-state index is -1.78. The molecule has 4 nitrogen and oxygen atoms in total. The fourth-order valence-electron chi connectivity index (χ4n) is 1.91. The minimum absolute atomic E-state index is 0.184. The van der Waals surface area contributed by atoms with Crippen molar-refractivity contribution in [3.05, 3.63) is 45.9 Å². The number of nitrogens with zero attached hydrogens (tertiary/aromatic N) is 1. The molecule has 0 aliphatic heterocycles. The van der Waals surface area contributed by atoms with Crippen LogP contribution >= 0.6 is 11.3 Å². The lowest BCUT2D eigenvalue weighted by Gasteiger charge is -2.35. The van der Waals surface area contributed by atoms with E-state index >= 15 is 0 Å². The number of aliphatic hydroxyl groups excluding tert-OH is 1. The molecule has 24 heavy (non-hydrogen) atoms. The highest BCUT2D eigenvalue weighted by atomic mass is 32.1. The van der Waals surface area contributed by atoms with Crippen LogP contribution in [0.5, 0.6) is 5.75 Å². The summed E-state index contributed by atoms with van der Waals surface area (Å²) in [7, 11) is -0.152. The maximum absolute atomic E-state index is 10.5. The zero-order chi connectivity index (χ0) is 18.0. The number of ether oxygens (including phenoxy) is 1. The van der Waals surface area contributed by atoms with Crippen molar-refractivity contribution in [1.29, 1.82) is 0 Å². The Morgan fingerprint density at radius 2 is 1.83 bits per heavy atom. The Morgan fingerprint density at radius 1 is 1.21 bits per heavy atom. The topological polar surface area (TPSA) is 51.6 Å². The fraction of sp³-hybridized carbons (Fsp3) is 0.500. The van der Waals surface area contributed by atoms with Gasteiger partial charge in [0.2, 0.25) is 0 Å². The van der Waals surface area contributed by atoms with Gasteiger partial charge >= 0.3 is 0 Å². The third-order valence-corrected chi connectivity index (χ3v) is 10.1. The summed E-state index contributed by atoms with van der Waals surface area (Å²) in [5.74, 6) is 0.772. The number of benzene rings is 1. The molecule has 1 atom stereocenters. The van der Waals surface area contributed by atoms with Crippen molar-refractivity contribution in [3.63, 3.8) is 0 Å². The molecule has 0 bridgehead atoms. The Kier molecular flexibility index (Phi) is 5.85. The molecule has 1 aromatic carbocycles. The standard InChI is InChI=1S/C18H27NO3SSi/c1-18(2,3)24(5,6)22-12-15-11-19-17(23-15)16(20)13-7-9-14(21-4)10-8-13/h7-11,16,20H,12H2,1-6H3. The van der Waals surface area contributed by atoms with Crippen LogP contribution in [-0.2, 0) is 11.0 Å². The maximum atomic E-state index is 10.5. The first kappa shape index (κ1) is 19.1. The predicted octanol–water partition coefficient (Wildman–Crippen LogP) is 4.76. The van der Waals surface area contributed by atoms with Gasteiger partial charge in [0, 0.05) is 11.1 Å². The van der Waals surface area contributed by atoms with Crippen molar-refractivity contribution in [1.82, 2.24) is 4.98 Å². The summed E-state index contributed by atoms with van der Waals surface area (Å²) in [5.41, 5.74) is 0.807. The third-order valence-electron chi connectivity index (χ3n) is 4.62. The van der Waals surface area contributed by atoms with Gasteiger partial charge in [-0.3, -0.25) is 0 Å². The van der Waals surface area contributed by atoms with E-state index in [0.29, 0.717) is 11.6 Å². The van der Waals surface area contributed by atoms with Crippen LogP contribution in [0.1, 0.15) is 42.3 Å². The number of thiazole rings is 1. The Bertz CT molecular complexity index is 662. The molecule has 0 saturated carbocycles. The molecule has 6 heteroatoms. The average Bonchev–Trinajstić information content (AvgIpc) is 3.00. The van der Waals surface area contributed by atoms with Gasteiger partial charge in [-0.1, -0.05) is 32.9 Å². The third kappa shape index (κ3) is 4.45. The molecule has 1 N–H and O–H groups in total. The van der Waals surface area contributed by atoms with Crippen molar-refractivity contribution in [2.45, 2.75) is 51.6 Å². The van der Waals surface area contributed by atoms with E-state index in [0.717, 1.165) is 16.2 Å². The highest BCUT2D eigenvalue weighted by Crippen LogP contribution is 2.37. The van der Waals surface area contributed by atoms with Gasteiger partial charge in [0.15, 0.2) is 8.32 Å². The molecule has 0 spiro atoms. The van der Waals surface area contributed by atoms with E-state index in [2.05, 4.69) is 38.8 Å². The van der Waals surface area contributed by atoms with Crippen LogP contribution in [-0.4, -0.2) is 25.5 Å². The van der Waals surface area contributed by atoms with Crippen LogP contribution < -0.4 is 4.74 Å². The van der Waals surface area contributed by atoms with E-state index in [1.54, 1.807) is 13.3 Å². The van der Waals surface area contributed by atoms with Crippen LogP contribution in [0.15, 0.2) is 30.5 Å². The largest absolute Gasteiger partial charge is 0.497 e. The molecule has 2 rings (SSSR count). The van der Waals surface area contributed by atoms with Crippen LogP contribution in [0.2, 0.25) is 18.1 Å². The van der Waals surface area contributed by atoms with Crippen molar-refractivity contribution >= 4 is 19.7 Å². The summed E-state index contributed by atoms with van der Waals surface area (Å²) in [6, 6.07) is 7.40. The minimum Gasteiger partial charge on any atom is -0.497 e. The van der Waals surface area contributed by atoms with Crippen LogP contribution in [0, 0.1) is 0 Å². The first-order chi connectivity index (χ1) is 11.1. The smallest absolute Gasteiger partial charge is 0.192 e. The quantitative estimate of drug-likeness (QED) is 0.750. The molecule has 0 amide bonds. The molecular formula is C18H27NO3SSi. The maximum Gasteiger partial charge on any atom is 0.192 e. The Hall–Kier alpha value is -1.21. The highest BCUT2D eigenvalue weighted by Gasteiger charge is 2.37. The number of hydrogen-bond donors (Lipinski definition) is 1. The first-order valence-corrected chi connectivity index (χ1v) is 11.8. The van der Waals surface area contributed by atoms with Gasteiger partial charge in [0.1, 0.15) is 16.9 Å². The molecule has 132 valence electrons. The van der Waals surface area contributed by atoms with Gasteiger partial charge < -0.3 is 14.3 Å². The number of aromatic nitrogens is 1. The second-order valence-electron chi connectivity index (χ2n) is 7.39. The lowest BCUT2D eigenvalue weighted by atomic mass is 10.1. The van der Waals surface area contributed by atoms with E-state index in [1.807, 2.05) is 24.3 Å². The van der Waals surface area contributed by atoms with Crippen molar-refractivity contribution in [2.75, 3.05) is 7.11 Å². The molecule has 0 saturated heterocycles. The molecule has 0 aliphatic carbocycles. The zero-order valence-electron chi connectivity index (χ0n) is 15.3. The summed E-state index contributed by atoms with van der Waals surface area (Å²) in [4.78, 5) is 5.41. The van der Waals surface area contributed by atoms with Crippen LogP contribution in [0.25, 0.3) is 0 Å². The van der Waals surface area contributed by atoms with Crippen molar-refractivity contribution in [2.24, 2.45) is 0 Å². The summed E-state index contributed by atoms with van der Waals surface area (Å²) >= 11 is 1.50. The predicted molar refractivity (Wildman–Crippen MR) is 101 cm³/mol. The summed E-state index contributed by atoms with van der Waals surface area (Å²) in [6.45, 7) is 11.7. The van der Waals surface area contributed by atoms with E-state index in [9.17, 15) is 5.11 Å². The second kappa shape index (κ2) is 7.35. The number of aliphatic hydroxyl groups is 1. The van der Waals surface area contributed by atoms with Gasteiger partial charge in [-0.25, -0.2) is 4.98 Å². The first-order valence-electron chi connectivity index (χ1n) is 8.04. The van der Waals surface area contributed by atoms with Crippen molar-refractivity contribution < 1.29 is 14.3 Å². The number of rotatable bonds is 6. The monoisotopic (exact) mass is 365 g/mol. The van der Waals surface area contributed by atoms with E-state index < -0.39 is 14.4 Å². The Labute approximate surface area is 149 Å². The lowest BCUT2D eigenvalue weighted by molar-refractivity contribution is 0.219. The summed E-state index contributed by atoms with van der Waals surface area (Å²) in [6.07, 6.45) is 1.09. The molecule has 1 heterocycles. The summed E-state index contributed by atoms with van der Waals surface area (Å²) < 4.78 is 11.4. The molecule has 2 aromatic rings. The van der Waals surface area contributed by atoms with E-state index in [1.165, 1.54) is 11.3 Å². The highest BCUT2D eigenvalue weighted by molar-refractivity contribution is 7.11. The van der Waals surface area contributed by atoms with Gasteiger partial charge in [-0.2, -0.15) is 0 Å². The summed E-state index contributed by atoms with van der Waals surface area (Å²) in [5, 5.41) is 11.4. The van der Waals surface area contributed by atoms with Gasteiger partial charge in [0.05, 0.1) is 13.7 Å². The normalized spacial score (nSPS) is 13.8.